The van der Waals surface area contributed by atoms with Crippen molar-refractivity contribution < 1.29 is 17.9 Å². The lowest BCUT2D eigenvalue weighted by atomic mass is 10.1. The molecule has 0 saturated carbocycles. The van der Waals surface area contributed by atoms with Gasteiger partial charge >= 0.3 is 0 Å². The lowest BCUT2D eigenvalue weighted by Gasteiger charge is -2.22. The van der Waals surface area contributed by atoms with Crippen LogP contribution in [0.2, 0.25) is 0 Å². The van der Waals surface area contributed by atoms with Crippen LogP contribution in [0.3, 0.4) is 0 Å². The molecule has 7 heteroatoms. The van der Waals surface area contributed by atoms with Crippen molar-refractivity contribution in [1.29, 1.82) is 0 Å². The lowest BCUT2D eigenvalue weighted by molar-refractivity contribution is -0.120. The SMILES string of the molecule is Cc1ccc(NS(=O)(=O)c2ccc(OCC(=O)N3c4ccccc4C[C@@H]3C)cc2)cc1. The van der Waals surface area contributed by atoms with Gasteiger partial charge in [0.05, 0.1) is 4.90 Å². The van der Waals surface area contributed by atoms with E-state index in [1.807, 2.05) is 50.2 Å². The fourth-order valence-electron chi connectivity index (χ4n) is 3.71. The van der Waals surface area contributed by atoms with Gasteiger partial charge in [0.15, 0.2) is 6.61 Å². The number of nitrogens with one attached hydrogen (secondary N) is 1. The summed E-state index contributed by atoms with van der Waals surface area (Å²) in [6, 6.07) is 21.1. The number of carbonyl (C=O) groups is 1. The molecule has 1 aliphatic rings. The molecule has 1 N–H and O–H groups in total. The molecule has 0 fully saturated rings. The fourth-order valence-corrected chi connectivity index (χ4v) is 4.77. The van der Waals surface area contributed by atoms with E-state index in [4.69, 9.17) is 4.74 Å². The molecule has 1 amide bonds. The second-order valence-corrected chi connectivity index (χ2v) is 9.36. The first-order chi connectivity index (χ1) is 14.8. The molecule has 160 valence electrons. The monoisotopic (exact) mass is 436 g/mol. The molecule has 0 unspecified atom stereocenters. The molecule has 1 heterocycles. The van der Waals surface area contributed by atoms with E-state index in [1.54, 1.807) is 29.2 Å². The molecule has 3 aromatic carbocycles. The standard InChI is InChI=1S/C24H24N2O4S/c1-17-7-9-20(10-8-17)25-31(28,29)22-13-11-21(12-14-22)30-16-24(27)26-18(2)15-19-5-3-4-6-23(19)26/h3-14,18,25H,15-16H2,1-2H3/t18-/m0/s1. The molecule has 0 spiro atoms. The minimum absolute atomic E-state index is 0.0777. The summed E-state index contributed by atoms with van der Waals surface area (Å²) in [5, 5.41) is 0. The molecular weight excluding hydrogens is 412 g/mol. The molecule has 6 nitrogen and oxygen atoms in total. The zero-order chi connectivity index (χ0) is 22.0. The summed E-state index contributed by atoms with van der Waals surface area (Å²) < 4.78 is 33.3. The molecule has 0 radical (unpaired) electrons. The van der Waals surface area contributed by atoms with Crippen LogP contribution in [-0.4, -0.2) is 27.0 Å². The van der Waals surface area contributed by atoms with Crippen LogP contribution in [0, 0.1) is 6.92 Å². The Labute approximate surface area is 182 Å². The van der Waals surface area contributed by atoms with Crippen molar-refractivity contribution in [2.75, 3.05) is 16.2 Å². The highest BCUT2D eigenvalue weighted by molar-refractivity contribution is 7.92. The van der Waals surface area contributed by atoms with Crippen molar-refractivity contribution >= 4 is 27.3 Å². The Hall–Kier alpha value is -3.32. The zero-order valence-corrected chi connectivity index (χ0v) is 18.2. The third-order valence-electron chi connectivity index (χ3n) is 5.28. The van der Waals surface area contributed by atoms with Crippen molar-refractivity contribution in [3.05, 3.63) is 83.9 Å². The molecule has 0 bridgehead atoms. The number of benzene rings is 3. The summed E-state index contributed by atoms with van der Waals surface area (Å²) in [7, 11) is -3.71. The van der Waals surface area contributed by atoms with Crippen molar-refractivity contribution in [1.82, 2.24) is 0 Å². The van der Waals surface area contributed by atoms with E-state index in [-0.39, 0.29) is 23.5 Å². The van der Waals surface area contributed by atoms with E-state index in [9.17, 15) is 13.2 Å². The summed E-state index contributed by atoms with van der Waals surface area (Å²) in [5.74, 6) is 0.304. The van der Waals surface area contributed by atoms with Gasteiger partial charge in [-0.05, 0) is 68.3 Å². The number of amides is 1. The van der Waals surface area contributed by atoms with Gasteiger partial charge in [0.25, 0.3) is 15.9 Å². The summed E-state index contributed by atoms with van der Waals surface area (Å²) in [5.41, 5.74) is 3.62. The molecule has 31 heavy (non-hydrogen) atoms. The van der Waals surface area contributed by atoms with Gasteiger partial charge in [0, 0.05) is 17.4 Å². The summed E-state index contributed by atoms with van der Waals surface area (Å²) in [4.78, 5) is 14.6. The first-order valence-electron chi connectivity index (χ1n) is 10.1. The smallest absolute Gasteiger partial charge is 0.265 e. The number of rotatable bonds is 6. The third-order valence-corrected chi connectivity index (χ3v) is 6.67. The summed E-state index contributed by atoms with van der Waals surface area (Å²) in [6.45, 7) is 3.83. The number of fused-ring (bicyclic) bond motifs is 1. The summed E-state index contributed by atoms with van der Waals surface area (Å²) >= 11 is 0. The predicted octanol–water partition coefficient (Wildman–Crippen LogP) is 4.15. The molecule has 0 aromatic heterocycles. The van der Waals surface area contributed by atoms with Gasteiger partial charge in [-0.2, -0.15) is 0 Å². The molecule has 4 rings (SSSR count). The van der Waals surface area contributed by atoms with Crippen LogP contribution in [0.4, 0.5) is 11.4 Å². The molecule has 1 aliphatic heterocycles. The summed E-state index contributed by atoms with van der Waals surface area (Å²) in [6.07, 6.45) is 0.822. The maximum atomic E-state index is 12.7. The lowest BCUT2D eigenvalue weighted by Crippen LogP contribution is -2.39. The Morgan fingerprint density at radius 3 is 2.42 bits per heavy atom. The highest BCUT2D eigenvalue weighted by Gasteiger charge is 2.30. The van der Waals surface area contributed by atoms with Crippen molar-refractivity contribution in [3.63, 3.8) is 0 Å². The number of ether oxygens (including phenoxy) is 1. The van der Waals surface area contributed by atoms with Crippen LogP contribution in [0.15, 0.2) is 77.7 Å². The Morgan fingerprint density at radius 2 is 1.71 bits per heavy atom. The normalized spacial score (nSPS) is 15.4. The Bertz CT molecular complexity index is 1190. The third kappa shape index (κ3) is 4.56. The largest absolute Gasteiger partial charge is 0.484 e. The number of aryl methyl sites for hydroxylation is 1. The molecule has 0 aliphatic carbocycles. The second kappa shape index (κ2) is 8.43. The van der Waals surface area contributed by atoms with Gasteiger partial charge < -0.3 is 9.64 Å². The van der Waals surface area contributed by atoms with Crippen molar-refractivity contribution in [2.24, 2.45) is 0 Å². The van der Waals surface area contributed by atoms with Gasteiger partial charge in [-0.25, -0.2) is 8.42 Å². The van der Waals surface area contributed by atoms with Crippen LogP contribution in [0.25, 0.3) is 0 Å². The van der Waals surface area contributed by atoms with Crippen LogP contribution >= 0.6 is 0 Å². The molecule has 0 saturated heterocycles. The highest BCUT2D eigenvalue weighted by atomic mass is 32.2. The fraction of sp³-hybridized carbons (Fsp3) is 0.208. The maximum Gasteiger partial charge on any atom is 0.265 e. The molecule has 3 aromatic rings. The average molecular weight is 437 g/mol. The van der Waals surface area contributed by atoms with E-state index >= 15 is 0 Å². The number of hydrogen-bond donors (Lipinski definition) is 1. The quantitative estimate of drug-likeness (QED) is 0.630. The Morgan fingerprint density at radius 1 is 1.03 bits per heavy atom. The van der Waals surface area contributed by atoms with Gasteiger partial charge in [0.1, 0.15) is 5.75 Å². The van der Waals surface area contributed by atoms with Crippen molar-refractivity contribution in [2.45, 2.75) is 31.2 Å². The number of nitrogens with zero attached hydrogens (tertiary/aromatic N) is 1. The highest BCUT2D eigenvalue weighted by Crippen LogP contribution is 2.32. The number of sulfonamides is 1. The van der Waals surface area contributed by atoms with Gasteiger partial charge in [-0.15, -0.1) is 0 Å². The van der Waals surface area contributed by atoms with Crippen LogP contribution in [0.1, 0.15) is 18.1 Å². The van der Waals surface area contributed by atoms with E-state index in [1.165, 1.54) is 12.1 Å². The van der Waals surface area contributed by atoms with Crippen LogP contribution < -0.4 is 14.4 Å². The zero-order valence-electron chi connectivity index (χ0n) is 17.4. The van der Waals surface area contributed by atoms with Crippen molar-refractivity contribution in [3.8, 4) is 5.75 Å². The topological polar surface area (TPSA) is 75.7 Å². The minimum Gasteiger partial charge on any atom is -0.484 e. The van der Waals surface area contributed by atoms with Gasteiger partial charge in [-0.1, -0.05) is 35.9 Å². The van der Waals surface area contributed by atoms with E-state index in [2.05, 4.69) is 4.72 Å². The van der Waals surface area contributed by atoms with Gasteiger partial charge in [0.2, 0.25) is 0 Å². The second-order valence-electron chi connectivity index (χ2n) is 7.68. The first-order valence-corrected chi connectivity index (χ1v) is 11.5. The maximum absolute atomic E-state index is 12.7. The Balaban J connectivity index is 1.40. The molecular formula is C24H24N2O4S. The van der Waals surface area contributed by atoms with Crippen LogP contribution in [-0.2, 0) is 21.2 Å². The average Bonchev–Trinajstić information content (AvgIpc) is 3.09. The van der Waals surface area contributed by atoms with Gasteiger partial charge in [-0.3, -0.25) is 9.52 Å². The number of para-hydroxylation sites is 1. The minimum atomic E-state index is -3.71. The Kier molecular flexibility index (Phi) is 5.69. The van der Waals surface area contributed by atoms with Crippen LogP contribution in [0.5, 0.6) is 5.75 Å². The predicted molar refractivity (Wildman–Crippen MR) is 121 cm³/mol. The number of anilines is 2. The number of hydrogen-bond acceptors (Lipinski definition) is 4. The molecule has 1 atom stereocenters. The van der Waals surface area contributed by atoms with E-state index in [0.29, 0.717) is 11.4 Å². The first kappa shape index (κ1) is 20.9. The number of carbonyl (C=O) groups excluding carboxylic acids is 1. The van der Waals surface area contributed by atoms with E-state index < -0.39 is 10.0 Å². The van der Waals surface area contributed by atoms with E-state index in [0.717, 1.165) is 23.2 Å².